The van der Waals surface area contributed by atoms with E-state index in [2.05, 4.69) is 25.8 Å². The third kappa shape index (κ3) is 4.20. The molecule has 3 heterocycles. The molecule has 2 aromatic heterocycles. The quantitative estimate of drug-likeness (QED) is 0.617. The van der Waals surface area contributed by atoms with Crippen molar-refractivity contribution in [1.82, 2.24) is 15.2 Å². The van der Waals surface area contributed by atoms with Gasteiger partial charge in [0.25, 0.3) is 5.91 Å². The van der Waals surface area contributed by atoms with Gasteiger partial charge in [-0.25, -0.2) is 4.98 Å². The fourth-order valence-electron chi connectivity index (χ4n) is 2.62. The van der Waals surface area contributed by atoms with Gasteiger partial charge in [0.05, 0.1) is 12.3 Å². The number of anilines is 3. The SMILES string of the molecule is Cc1cccc(Nc2cc(N[C@@H]3CCOC[C@@H]3N)nnc2C(N)=O)n1. The summed E-state index contributed by atoms with van der Waals surface area (Å²) in [5, 5.41) is 14.3. The van der Waals surface area contributed by atoms with E-state index in [4.69, 9.17) is 16.2 Å². The number of hydrogen-bond donors (Lipinski definition) is 4. The number of aromatic nitrogens is 3. The zero-order valence-electron chi connectivity index (χ0n) is 13.9. The predicted octanol–water partition coefficient (Wildman–Crippen LogP) is 0.551. The first-order valence-corrected chi connectivity index (χ1v) is 8.01. The van der Waals surface area contributed by atoms with Crippen molar-refractivity contribution in [3.05, 3.63) is 35.7 Å². The molecule has 9 nitrogen and oxygen atoms in total. The van der Waals surface area contributed by atoms with Crippen LogP contribution >= 0.6 is 0 Å². The Hall–Kier alpha value is -2.78. The van der Waals surface area contributed by atoms with Crippen molar-refractivity contribution in [3.8, 4) is 0 Å². The first-order valence-electron chi connectivity index (χ1n) is 8.01. The number of rotatable bonds is 5. The third-order valence-electron chi connectivity index (χ3n) is 3.91. The summed E-state index contributed by atoms with van der Waals surface area (Å²) < 4.78 is 5.33. The maximum absolute atomic E-state index is 11.6. The number of amides is 1. The van der Waals surface area contributed by atoms with Crippen LogP contribution in [0.5, 0.6) is 0 Å². The normalized spacial score (nSPS) is 20.1. The van der Waals surface area contributed by atoms with Crippen molar-refractivity contribution in [3.63, 3.8) is 0 Å². The lowest BCUT2D eigenvalue weighted by atomic mass is 10.0. The van der Waals surface area contributed by atoms with Crippen molar-refractivity contribution in [2.24, 2.45) is 11.5 Å². The fourth-order valence-corrected chi connectivity index (χ4v) is 2.62. The molecular weight excluding hydrogens is 322 g/mol. The van der Waals surface area contributed by atoms with E-state index in [0.29, 0.717) is 30.5 Å². The fraction of sp³-hybridized carbons (Fsp3) is 0.375. The molecule has 9 heteroatoms. The minimum atomic E-state index is -0.669. The molecule has 3 rings (SSSR count). The van der Waals surface area contributed by atoms with Gasteiger partial charge in [0.2, 0.25) is 0 Å². The standard InChI is InChI=1S/C16H21N7O2/c1-9-3-2-4-13(19-9)21-12-7-14(22-23-15(12)16(18)24)20-11-5-6-25-8-10(11)17/h2-4,7,10-11H,5-6,8,17H2,1H3,(H2,18,24)(H2,19,20,21,22)/t10-,11+/m0/s1. The van der Waals surface area contributed by atoms with Gasteiger partial charge >= 0.3 is 0 Å². The molecule has 1 saturated heterocycles. The Labute approximate surface area is 145 Å². The lowest BCUT2D eigenvalue weighted by Gasteiger charge is -2.29. The van der Waals surface area contributed by atoms with E-state index >= 15 is 0 Å². The Bertz CT molecular complexity index is 768. The molecule has 0 saturated carbocycles. The number of pyridine rings is 1. The second kappa shape index (κ2) is 7.41. The minimum Gasteiger partial charge on any atom is -0.380 e. The second-order valence-electron chi connectivity index (χ2n) is 5.92. The molecule has 132 valence electrons. The molecule has 0 spiro atoms. The summed E-state index contributed by atoms with van der Waals surface area (Å²) in [4.78, 5) is 16.0. The van der Waals surface area contributed by atoms with Gasteiger partial charge in [0.1, 0.15) is 5.82 Å². The van der Waals surface area contributed by atoms with E-state index in [1.165, 1.54) is 0 Å². The van der Waals surface area contributed by atoms with Crippen LogP contribution in [0.1, 0.15) is 22.6 Å². The number of nitrogens with one attached hydrogen (secondary N) is 2. The molecule has 1 fully saturated rings. The Morgan fingerprint density at radius 3 is 2.88 bits per heavy atom. The topological polar surface area (TPSA) is 141 Å². The minimum absolute atomic E-state index is 0.0208. The van der Waals surface area contributed by atoms with Crippen LogP contribution in [0.4, 0.5) is 17.3 Å². The van der Waals surface area contributed by atoms with Gasteiger partial charge in [-0.1, -0.05) is 6.07 Å². The highest BCUT2D eigenvalue weighted by molar-refractivity contribution is 5.97. The van der Waals surface area contributed by atoms with Crippen molar-refractivity contribution in [1.29, 1.82) is 0 Å². The monoisotopic (exact) mass is 343 g/mol. The van der Waals surface area contributed by atoms with Crippen molar-refractivity contribution >= 4 is 23.2 Å². The molecule has 6 N–H and O–H groups in total. The third-order valence-corrected chi connectivity index (χ3v) is 3.91. The van der Waals surface area contributed by atoms with Crippen molar-refractivity contribution in [2.45, 2.75) is 25.4 Å². The summed E-state index contributed by atoms with van der Waals surface area (Å²) in [6.45, 7) is 3.00. The average Bonchev–Trinajstić information content (AvgIpc) is 2.57. The van der Waals surface area contributed by atoms with E-state index < -0.39 is 5.91 Å². The van der Waals surface area contributed by atoms with E-state index in [1.807, 2.05) is 19.1 Å². The van der Waals surface area contributed by atoms with Gasteiger partial charge in [0.15, 0.2) is 11.5 Å². The van der Waals surface area contributed by atoms with Gasteiger partial charge in [-0.2, -0.15) is 0 Å². The van der Waals surface area contributed by atoms with Gasteiger partial charge < -0.3 is 26.8 Å². The number of carbonyl (C=O) groups excluding carboxylic acids is 1. The Morgan fingerprint density at radius 1 is 1.32 bits per heavy atom. The molecule has 0 unspecified atom stereocenters. The molecule has 0 radical (unpaired) electrons. The highest BCUT2D eigenvalue weighted by atomic mass is 16.5. The first-order chi connectivity index (χ1) is 12.0. The lowest BCUT2D eigenvalue weighted by molar-refractivity contribution is 0.0751. The molecule has 1 amide bonds. The molecule has 0 aliphatic carbocycles. The maximum Gasteiger partial charge on any atom is 0.271 e. The second-order valence-corrected chi connectivity index (χ2v) is 5.92. The van der Waals surface area contributed by atoms with Crippen LogP contribution in [0.3, 0.4) is 0 Å². The number of ether oxygens (including phenoxy) is 1. The van der Waals surface area contributed by atoms with E-state index in [1.54, 1.807) is 12.1 Å². The summed E-state index contributed by atoms with van der Waals surface area (Å²) in [5.41, 5.74) is 12.8. The number of aryl methyl sites for hydroxylation is 1. The van der Waals surface area contributed by atoms with Crippen LogP contribution in [0.25, 0.3) is 0 Å². The molecule has 1 aliphatic heterocycles. The summed E-state index contributed by atoms with van der Waals surface area (Å²) in [7, 11) is 0. The highest BCUT2D eigenvalue weighted by Crippen LogP contribution is 2.22. The molecular formula is C16H21N7O2. The lowest BCUT2D eigenvalue weighted by Crippen LogP contribution is -2.47. The Kier molecular flexibility index (Phi) is 5.05. The largest absolute Gasteiger partial charge is 0.380 e. The van der Waals surface area contributed by atoms with Crippen LogP contribution < -0.4 is 22.1 Å². The molecule has 0 aromatic carbocycles. The van der Waals surface area contributed by atoms with E-state index in [9.17, 15) is 4.79 Å². The number of hydrogen-bond acceptors (Lipinski definition) is 8. The zero-order valence-corrected chi connectivity index (χ0v) is 13.9. The van der Waals surface area contributed by atoms with Gasteiger partial charge in [-0.15, -0.1) is 10.2 Å². The molecule has 25 heavy (non-hydrogen) atoms. The van der Waals surface area contributed by atoms with E-state index in [0.717, 1.165) is 12.1 Å². The predicted molar refractivity (Wildman–Crippen MR) is 93.6 cm³/mol. The Balaban J connectivity index is 1.85. The molecule has 1 aliphatic rings. The first kappa shape index (κ1) is 17.1. The van der Waals surface area contributed by atoms with Crippen molar-refractivity contribution < 1.29 is 9.53 Å². The molecule has 0 bridgehead atoms. The number of carbonyl (C=O) groups is 1. The molecule has 2 aromatic rings. The Morgan fingerprint density at radius 2 is 2.16 bits per heavy atom. The maximum atomic E-state index is 11.6. The van der Waals surface area contributed by atoms with Crippen LogP contribution in [-0.4, -0.2) is 46.4 Å². The molecule has 2 atom stereocenters. The number of nitrogens with zero attached hydrogens (tertiary/aromatic N) is 3. The van der Waals surface area contributed by atoms with Crippen LogP contribution in [0.15, 0.2) is 24.3 Å². The van der Waals surface area contributed by atoms with Crippen molar-refractivity contribution in [2.75, 3.05) is 23.8 Å². The highest BCUT2D eigenvalue weighted by Gasteiger charge is 2.23. The smallest absolute Gasteiger partial charge is 0.271 e. The van der Waals surface area contributed by atoms with Crippen LogP contribution in [0, 0.1) is 6.92 Å². The summed E-state index contributed by atoms with van der Waals surface area (Å²) in [5.74, 6) is 0.420. The summed E-state index contributed by atoms with van der Waals surface area (Å²) >= 11 is 0. The van der Waals surface area contributed by atoms with Gasteiger partial charge in [-0.3, -0.25) is 4.79 Å². The summed E-state index contributed by atoms with van der Waals surface area (Å²) in [6.07, 6.45) is 0.766. The van der Waals surface area contributed by atoms with Gasteiger partial charge in [0, 0.05) is 30.5 Å². The van der Waals surface area contributed by atoms with Gasteiger partial charge in [-0.05, 0) is 25.5 Å². The van der Waals surface area contributed by atoms with E-state index in [-0.39, 0.29) is 17.8 Å². The zero-order chi connectivity index (χ0) is 17.8. The number of nitrogens with two attached hydrogens (primary N) is 2. The van der Waals surface area contributed by atoms with Crippen LogP contribution in [0.2, 0.25) is 0 Å². The summed E-state index contributed by atoms with van der Waals surface area (Å²) in [6, 6.07) is 7.10. The average molecular weight is 343 g/mol. The number of primary amides is 1. The van der Waals surface area contributed by atoms with Crippen LogP contribution in [-0.2, 0) is 4.74 Å².